The van der Waals surface area contributed by atoms with Crippen molar-refractivity contribution in [1.82, 2.24) is 5.32 Å². The Balaban J connectivity index is 4.36. The fraction of sp³-hybridized carbons (Fsp3) is 0.500. The second kappa shape index (κ2) is 6.18. The lowest BCUT2D eigenvalue weighted by atomic mass is 10.2. The third kappa shape index (κ3) is 5.84. The van der Waals surface area contributed by atoms with Gasteiger partial charge in [0.05, 0.1) is 5.75 Å². The number of carboxylic acids is 1. The van der Waals surface area contributed by atoms with Crippen LogP contribution < -0.4 is 5.32 Å². The minimum Gasteiger partial charge on any atom is -0.479 e. The molecule has 0 aromatic heterocycles. The molecule has 0 radical (unpaired) electrons. The Morgan fingerprint density at radius 2 is 1.80 bits per heavy atom. The first-order chi connectivity index (χ1) is 6.84. The number of hydrogen-bond donors (Lipinski definition) is 2. The predicted octanol–water partition coefficient (Wildman–Crippen LogP) is -0.576. The number of ketones is 1. The van der Waals surface area contributed by atoms with Crippen LogP contribution in [0.5, 0.6) is 0 Å². The molecular formula is C8H11NO5S. The number of carbonyl (C=O) groups excluding carboxylic acids is 3. The van der Waals surface area contributed by atoms with Crippen LogP contribution in [0.3, 0.4) is 0 Å². The van der Waals surface area contributed by atoms with Gasteiger partial charge in [0.25, 0.3) is 0 Å². The number of hydrogen-bond acceptors (Lipinski definition) is 5. The molecule has 0 saturated heterocycles. The molecule has 84 valence electrons. The second-order valence-corrected chi connectivity index (χ2v) is 3.87. The number of amides is 1. The number of Topliss-reactive ketones (excluding diaryl/α,β-unsaturated/α-hetero) is 1. The standard InChI is InChI=1S/C8H11NO5S/c1-4(10)9-7(8(13)14)6(12)3-15-5(2)11/h7H,3H2,1-2H3,(H,9,10)(H,13,14). The molecule has 1 atom stereocenters. The van der Waals surface area contributed by atoms with Gasteiger partial charge in [-0.2, -0.15) is 0 Å². The highest BCUT2D eigenvalue weighted by molar-refractivity contribution is 8.14. The molecule has 7 heteroatoms. The van der Waals surface area contributed by atoms with Crippen LogP contribution in [0.25, 0.3) is 0 Å². The number of rotatable bonds is 5. The van der Waals surface area contributed by atoms with Gasteiger partial charge in [-0.3, -0.25) is 14.4 Å². The molecule has 0 heterocycles. The van der Waals surface area contributed by atoms with Crippen LogP contribution >= 0.6 is 11.8 Å². The maximum atomic E-state index is 11.3. The molecular weight excluding hydrogens is 222 g/mol. The molecule has 0 aliphatic carbocycles. The summed E-state index contributed by atoms with van der Waals surface area (Å²) in [6.07, 6.45) is 0. The Hall–Kier alpha value is -1.37. The van der Waals surface area contributed by atoms with E-state index in [9.17, 15) is 19.2 Å². The largest absolute Gasteiger partial charge is 0.479 e. The fourth-order valence-electron chi connectivity index (χ4n) is 0.739. The Labute approximate surface area is 90.4 Å². The van der Waals surface area contributed by atoms with E-state index < -0.39 is 23.7 Å². The number of carboxylic acid groups (broad SMARTS) is 1. The smallest absolute Gasteiger partial charge is 0.334 e. The Kier molecular flexibility index (Phi) is 5.61. The fourth-order valence-corrected chi connectivity index (χ4v) is 1.25. The molecule has 0 spiro atoms. The Morgan fingerprint density at radius 3 is 2.13 bits per heavy atom. The van der Waals surface area contributed by atoms with Gasteiger partial charge in [-0.1, -0.05) is 11.8 Å². The maximum Gasteiger partial charge on any atom is 0.334 e. The lowest BCUT2D eigenvalue weighted by Crippen LogP contribution is -2.46. The van der Waals surface area contributed by atoms with E-state index in [-0.39, 0.29) is 10.9 Å². The molecule has 2 N–H and O–H groups in total. The van der Waals surface area contributed by atoms with Crippen molar-refractivity contribution in [1.29, 1.82) is 0 Å². The van der Waals surface area contributed by atoms with Gasteiger partial charge in [-0.15, -0.1) is 0 Å². The molecule has 1 unspecified atom stereocenters. The van der Waals surface area contributed by atoms with Crippen LogP contribution in [0.2, 0.25) is 0 Å². The number of carbonyl (C=O) groups is 4. The summed E-state index contributed by atoms with van der Waals surface area (Å²) in [7, 11) is 0. The zero-order valence-corrected chi connectivity index (χ0v) is 9.09. The van der Waals surface area contributed by atoms with Gasteiger partial charge in [-0.05, 0) is 0 Å². The molecule has 0 aromatic rings. The summed E-state index contributed by atoms with van der Waals surface area (Å²) >= 11 is 0.709. The van der Waals surface area contributed by atoms with Crippen molar-refractivity contribution in [3.05, 3.63) is 0 Å². The van der Waals surface area contributed by atoms with Gasteiger partial charge in [0.15, 0.2) is 16.9 Å². The van der Waals surface area contributed by atoms with Crippen LogP contribution in [0, 0.1) is 0 Å². The average molecular weight is 233 g/mol. The quantitative estimate of drug-likeness (QED) is 0.616. The van der Waals surface area contributed by atoms with Crippen LogP contribution in [0.15, 0.2) is 0 Å². The zero-order chi connectivity index (χ0) is 12.0. The summed E-state index contributed by atoms with van der Waals surface area (Å²) in [5.41, 5.74) is 0. The highest BCUT2D eigenvalue weighted by Gasteiger charge is 2.26. The van der Waals surface area contributed by atoms with Gasteiger partial charge in [0.2, 0.25) is 5.91 Å². The molecule has 0 aromatic carbocycles. The van der Waals surface area contributed by atoms with Crippen molar-refractivity contribution in [3.63, 3.8) is 0 Å². The topological polar surface area (TPSA) is 101 Å². The Bertz CT molecular complexity index is 301. The molecule has 1 amide bonds. The summed E-state index contributed by atoms with van der Waals surface area (Å²) < 4.78 is 0. The monoisotopic (exact) mass is 233 g/mol. The molecule has 0 aliphatic rings. The molecule has 0 fully saturated rings. The van der Waals surface area contributed by atoms with Gasteiger partial charge in [-0.25, -0.2) is 4.79 Å². The first kappa shape index (κ1) is 13.6. The van der Waals surface area contributed by atoms with E-state index in [0.717, 1.165) is 6.92 Å². The minimum atomic E-state index is -1.57. The van der Waals surface area contributed by atoms with Gasteiger partial charge >= 0.3 is 5.97 Å². The second-order valence-electron chi connectivity index (χ2n) is 2.72. The molecule has 0 rings (SSSR count). The number of nitrogens with one attached hydrogen (secondary N) is 1. The van der Waals surface area contributed by atoms with E-state index in [4.69, 9.17) is 5.11 Å². The lowest BCUT2D eigenvalue weighted by Gasteiger charge is -2.10. The van der Waals surface area contributed by atoms with Crippen molar-refractivity contribution in [3.8, 4) is 0 Å². The van der Waals surface area contributed by atoms with Crippen LogP contribution in [0.4, 0.5) is 0 Å². The normalized spacial score (nSPS) is 11.6. The summed E-state index contributed by atoms with van der Waals surface area (Å²) in [6, 6.07) is -1.57. The average Bonchev–Trinajstić information content (AvgIpc) is 2.09. The summed E-state index contributed by atoms with van der Waals surface area (Å²) in [5, 5.41) is 10.3. The van der Waals surface area contributed by atoms with E-state index in [1.165, 1.54) is 6.92 Å². The minimum absolute atomic E-state index is 0.257. The third-order valence-electron chi connectivity index (χ3n) is 1.33. The van der Waals surface area contributed by atoms with Gasteiger partial charge < -0.3 is 10.4 Å². The predicted molar refractivity (Wildman–Crippen MR) is 53.4 cm³/mol. The van der Waals surface area contributed by atoms with Crippen LogP contribution in [-0.2, 0) is 19.2 Å². The van der Waals surface area contributed by atoms with E-state index in [0.29, 0.717) is 11.8 Å². The van der Waals surface area contributed by atoms with Crippen LogP contribution in [0.1, 0.15) is 13.8 Å². The van der Waals surface area contributed by atoms with Crippen molar-refractivity contribution >= 4 is 34.5 Å². The van der Waals surface area contributed by atoms with E-state index in [2.05, 4.69) is 0 Å². The molecule has 6 nitrogen and oxygen atoms in total. The summed E-state index contributed by atoms with van der Waals surface area (Å²) in [4.78, 5) is 43.0. The molecule has 15 heavy (non-hydrogen) atoms. The van der Waals surface area contributed by atoms with Crippen molar-refractivity contribution < 1.29 is 24.3 Å². The molecule has 0 aliphatic heterocycles. The van der Waals surface area contributed by atoms with Crippen LogP contribution in [-0.4, -0.2) is 39.7 Å². The summed E-state index contributed by atoms with van der Waals surface area (Å²) in [5.74, 6) is -3.01. The van der Waals surface area contributed by atoms with Crippen molar-refractivity contribution in [2.75, 3.05) is 5.75 Å². The SMILES string of the molecule is CC(=O)NC(C(=O)O)C(=O)CSC(C)=O. The third-order valence-corrected chi connectivity index (χ3v) is 2.17. The molecule has 0 saturated carbocycles. The Morgan fingerprint density at radius 1 is 1.27 bits per heavy atom. The zero-order valence-electron chi connectivity index (χ0n) is 8.27. The first-order valence-corrected chi connectivity index (χ1v) is 4.99. The summed E-state index contributed by atoms with van der Waals surface area (Å²) in [6.45, 7) is 2.38. The number of aliphatic carboxylic acids is 1. The van der Waals surface area contributed by atoms with Crippen molar-refractivity contribution in [2.45, 2.75) is 19.9 Å². The van der Waals surface area contributed by atoms with Gasteiger partial charge in [0.1, 0.15) is 0 Å². The van der Waals surface area contributed by atoms with E-state index in [1.54, 1.807) is 0 Å². The van der Waals surface area contributed by atoms with Crippen molar-refractivity contribution in [2.24, 2.45) is 0 Å². The number of thioether (sulfide) groups is 1. The molecule has 0 bridgehead atoms. The van der Waals surface area contributed by atoms with E-state index >= 15 is 0 Å². The maximum absolute atomic E-state index is 11.3. The highest BCUT2D eigenvalue weighted by Crippen LogP contribution is 2.03. The highest BCUT2D eigenvalue weighted by atomic mass is 32.2. The lowest BCUT2D eigenvalue weighted by molar-refractivity contribution is -0.145. The first-order valence-electron chi connectivity index (χ1n) is 4.00. The van der Waals surface area contributed by atoms with E-state index in [1.807, 2.05) is 5.32 Å². The van der Waals surface area contributed by atoms with Gasteiger partial charge in [0, 0.05) is 13.8 Å².